The van der Waals surface area contributed by atoms with Gasteiger partial charge in [0, 0.05) is 12.8 Å². The summed E-state index contributed by atoms with van der Waals surface area (Å²) < 4.78 is 72.0. The van der Waals surface area contributed by atoms with Crippen LogP contribution < -0.4 is 10.5 Å². The van der Waals surface area contributed by atoms with Crippen LogP contribution in [0.5, 0.6) is 5.75 Å². The highest BCUT2D eigenvalue weighted by atomic mass is 127. The zero-order valence-electron chi connectivity index (χ0n) is 14.7. The molecule has 0 amide bonds. The molecule has 164 valence electrons. The Balaban J connectivity index is 2.28. The van der Waals surface area contributed by atoms with E-state index in [9.17, 15) is 30.7 Å². The lowest BCUT2D eigenvalue weighted by Crippen LogP contribution is -2.43. The van der Waals surface area contributed by atoms with Gasteiger partial charge in [-0.3, -0.25) is 13.9 Å². The van der Waals surface area contributed by atoms with Gasteiger partial charge in [-0.05, 0) is 75.7 Å². The highest BCUT2D eigenvalue weighted by Gasteiger charge is 2.41. The summed E-state index contributed by atoms with van der Waals surface area (Å²) in [7, 11) is -9.04. The third-order valence-corrected chi connectivity index (χ3v) is 8.59. The molecule has 5 N–H and O–H groups in total. The van der Waals surface area contributed by atoms with Gasteiger partial charge in [-0.1, -0.05) is 0 Å². The molecule has 10 nitrogen and oxygen atoms in total. The second-order valence-electron chi connectivity index (χ2n) is 6.76. The number of carboxylic acid groups (broad SMARTS) is 1. The minimum atomic E-state index is -4.52. The lowest BCUT2D eigenvalue weighted by Gasteiger charge is -2.32. The van der Waals surface area contributed by atoms with Gasteiger partial charge < -0.3 is 15.6 Å². The first-order valence-corrected chi connectivity index (χ1v) is 13.4. The molecule has 0 saturated heterocycles. The summed E-state index contributed by atoms with van der Waals surface area (Å²) in [4.78, 5) is 10.9. The van der Waals surface area contributed by atoms with E-state index < -0.39 is 55.3 Å². The maximum atomic E-state index is 11.6. The van der Waals surface area contributed by atoms with Crippen LogP contribution in [0.3, 0.4) is 0 Å². The monoisotopic (exact) mass is 675 g/mol. The Kier molecular flexibility index (Phi) is 8.17. The number of nitrogens with two attached hydrogens (primary N) is 1. The number of benzene rings is 1. The van der Waals surface area contributed by atoms with Crippen molar-refractivity contribution in [3.8, 4) is 5.75 Å². The van der Waals surface area contributed by atoms with Crippen molar-refractivity contribution < 1.29 is 40.6 Å². The average molecular weight is 675 g/mol. The molecule has 1 saturated carbocycles. The Labute approximate surface area is 195 Å². The Bertz CT molecular complexity index is 934. The number of rotatable bonds is 7. The number of aliphatic carboxylic acids is 1. The molecule has 3 atom stereocenters. The molecule has 0 heterocycles. The lowest BCUT2D eigenvalue weighted by molar-refractivity contribution is -0.138. The first kappa shape index (κ1) is 25.0. The van der Waals surface area contributed by atoms with Gasteiger partial charge in [-0.15, -0.1) is 0 Å². The number of carbonyl (C=O) groups is 1. The number of hydrogen-bond acceptors (Lipinski definition) is 7. The molecule has 1 aromatic rings. The summed E-state index contributed by atoms with van der Waals surface area (Å²) in [6.45, 7) is 0. The normalized spacial score (nSPS) is 24.1. The molecule has 1 fully saturated rings. The van der Waals surface area contributed by atoms with Crippen LogP contribution in [0.2, 0.25) is 0 Å². The molecule has 0 spiro atoms. The van der Waals surface area contributed by atoms with E-state index in [-0.39, 0.29) is 19.3 Å². The predicted octanol–water partition coefficient (Wildman–Crippen LogP) is 1.29. The molecule has 0 bridgehead atoms. The van der Waals surface area contributed by atoms with Gasteiger partial charge in [0.15, 0.2) is 0 Å². The van der Waals surface area contributed by atoms with E-state index in [4.69, 9.17) is 15.6 Å². The van der Waals surface area contributed by atoms with Crippen molar-refractivity contribution in [3.05, 3.63) is 24.8 Å². The molecule has 1 aliphatic carbocycles. The van der Waals surface area contributed by atoms with Crippen molar-refractivity contribution in [1.82, 2.24) is 0 Å². The molecule has 2 rings (SSSR count). The summed E-state index contributed by atoms with van der Waals surface area (Å²) in [5, 5.41) is 6.18. The minimum Gasteiger partial charge on any atom is -0.488 e. The largest absolute Gasteiger partial charge is 0.488 e. The van der Waals surface area contributed by atoms with Gasteiger partial charge in [0.2, 0.25) is 0 Å². The summed E-state index contributed by atoms with van der Waals surface area (Å²) >= 11 is 3.92. The van der Waals surface area contributed by atoms with Gasteiger partial charge in [-0.2, -0.15) is 16.8 Å². The van der Waals surface area contributed by atoms with Gasteiger partial charge in [0.25, 0.3) is 20.2 Å². The number of hydrogen-bond donors (Lipinski definition) is 4. The van der Waals surface area contributed by atoms with Gasteiger partial charge >= 0.3 is 5.97 Å². The summed E-state index contributed by atoms with van der Waals surface area (Å²) in [6.07, 6.45) is -1.47. The molecule has 0 radical (unpaired) electrons. The summed E-state index contributed by atoms with van der Waals surface area (Å²) in [6, 6.07) is 2.27. The fourth-order valence-corrected chi connectivity index (χ4v) is 7.24. The molecule has 0 aliphatic heterocycles. The molecular formula is C15H19I2NO9S2. The molecule has 0 aromatic heterocycles. The minimum absolute atomic E-state index is 0.0979. The van der Waals surface area contributed by atoms with Crippen LogP contribution in [0.4, 0.5) is 0 Å². The van der Waals surface area contributed by atoms with E-state index in [1.165, 1.54) is 0 Å². The van der Waals surface area contributed by atoms with Crippen LogP contribution in [0, 0.1) is 7.14 Å². The number of carboxylic acids is 1. The SMILES string of the molecule is NC(Cc1cc(I)c(OC2CC(S(=O)(=O)O)CC(S(=O)(=O)O)C2)c(I)c1)C(=O)O. The highest BCUT2D eigenvalue weighted by Crippen LogP contribution is 2.35. The predicted molar refractivity (Wildman–Crippen MR) is 120 cm³/mol. The van der Waals surface area contributed by atoms with E-state index >= 15 is 0 Å². The quantitative estimate of drug-likeness (QED) is 0.243. The van der Waals surface area contributed by atoms with E-state index in [2.05, 4.69) is 0 Å². The maximum Gasteiger partial charge on any atom is 0.320 e. The smallest absolute Gasteiger partial charge is 0.320 e. The second kappa shape index (κ2) is 9.47. The zero-order valence-corrected chi connectivity index (χ0v) is 20.7. The second-order valence-corrected chi connectivity index (χ2v) is 12.5. The molecule has 1 aliphatic rings. The van der Waals surface area contributed by atoms with Crippen LogP contribution in [0.15, 0.2) is 12.1 Å². The average Bonchev–Trinajstić information content (AvgIpc) is 2.56. The Morgan fingerprint density at radius 2 is 1.52 bits per heavy atom. The fraction of sp³-hybridized carbons (Fsp3) is 0.533. The van der Waals surface area contributed by atoms with E-state index in [1.807, 2.05) is 45.2 Å². The van der Waals surface area contributed by atoms with Crippen molar-refractivity contribution >= 4 is 71.4 Å². The van der Waals surface area contributed by atoms with Crippen LogP contribution >= 0.6 is 45.2 Å². The summed E-state index contributed by atoms with van der Waals surface area (Å²) in [5.74, 6) is -0.765. The number of ether oxygens (including phenoxy) is 1. The molecule has 14 heteroatoms. The first-order valence-electron chi connectivity index (χ1n) is 8.24. The first-order chi connectivity index (χ1) is 13.2. The van der Waals surface area contributed by atoms with Gasteiger partial charge in [-0.25, -0.2) is 0 Å². The zero-order chi connectivity index (χ0) is 22.1. The van der Waals surface area contributed by atoms with Crippen molar-refractivity contribution in [3.63, 3.8) is 0 Å². The van der Waals surface area contributed by atoms with E-state index in [0.717, 1.165) is 0 Å². The highest BCUT2D eigenvalue weighted by molar-refractivity contribution is 14.1. The fourth-order valence-electron chi connectivity index (χ4n) is 3.10. The summed E-state index contributed by atoms with van der Waals surface area (Å²) in [5.41, 5.74) is 6.21. The van der Waals surface area contributed by atoms with Crippen molar-refractivity contribution in [2.75, 3.05) is 0 Å². The van der Waals surface area contributed by atoms with Crippen LogP contribution in [-0.4, -0.2) is 59.7 Å². The van der Waals surface area contributed by atoms with E-state index in [1.54, 1.807) is 12.1 Å². The third kappa shape index (κ3) is 6.86. The van der Waals surface area contributed by atoms with Crippen molar-refractivity contribution in [2.24, 2.45) is 5.73 Å². The number of halogens is 2. The maximum absolute atomic E-state index is 11.6. The van der Waals surface area contributed by atoms with Gasteiger partial charge in [0.05, 0.1) is 17.6 Å². The molecule has 1 aromatic carbocycles. The van der Waals surface area contributed by atoms with Crippen molar-refractivity contribution in [2.45, 2.75) is 48.3 Å². The van der Waals surface area contributed by atoms with Crippen LogP contribution in [0.25, 0.3) is 0 Å². The Morgan fingerprint density at radius 3 is 1.90 bits per heavy atom. The van der Waals surface area contributed by atoms with Crippen molar-refractivity contribution in [1.29, 1.82) is 0 Å². The van der Waals surface area contributed by atoms with Crippen LogP contribution in [0.1, 0.15) is 24.8 Å². The molecular weight excluding hydrogens is 656 g/mol. The molecule has 29 heavy (non-hydrogen) atoms. The Morgan fingerprint density at radius 1 is 1.07 bits per heavy atom. The van der Waals surface area contributed by atoms with Crippen LogP contribution in [-0.2, 0) is 31.5 Å². The topological polar surface area (TPSA) is 181 Å². The Hall–Kier alpha value is -0.270. The van der Waals surface area contributed by atoms with Gasteiger partial charge in [0.1, 0.15) is 17.9 Å². The standard InChI is InChI=1S/C15H19I2NO9S2/c16-11-1-7(3-13(18)15(19)20)2-12(17)14(11)27-8-4-9(28(21,22)23)6-10(5-8)29(24,25)26/h1-2,8-10,13H,3-6,18H2,(H,19,20)(H,21,22,23)(H,24,25,26). The molecule has 3 unspecified atom stereocenters. The van der Waals surface area contributed by atoms with E-state index in [0.29, 0.717) is 18.5 Å². The lowest BCUT2D eigenvalue weighted by atomic mass is 9.96. The third-order valence-electron chi connectivity index (χ3n) is 4.54.